The molecule has 7 nitrogen and oxygen atoms in total. The maximum Gasteiger partial charge on any atom is 0.243 e. The topological polar surface area (TPSA) is 84.9 Å². The number of rotatable bonds is 10. The average Bonchev–Trinajstić information content (AvgIpc) is 3.51. The SMILES string of the molecule is COc1ccc(C(=O)C2C(c3ccccc3)C(C(=O)NCc3ccc(F)cc3)N(C(=O)C3CCCCC3)C2c2ccc(OC)cc2)cc1. The van der Waals surface area contributed by atoms with Crippen LogP contribution in [0.5, 0.6) is 11.5 Å². The van der Waals surface area contributed by atoms with E-state index < -0.39 is 23.9 Å². The van der Waals surface area contributed by atoms with Gasteiger partial charge in [-0.05, 0) is 78.1 Å². The van der Waals surface area contributed by atoms with Gasteiger partial charge in [-0.2, -0.15) is 0 Å². The summed E-state index contributed by atoms with van der Waals surface area (Å²) in [6, 6.07) is 28.2. The lowest BCUT2D eigenvalue weighted by molar-refractivity contribution is -0.145. The second-order valence-corrected chi connectivity index (χ2v) is 12.6. The monoisotopic (exact) mass is 648 g/mol. The van der Waals surface area contributed by atoms with Crippen molar-refractivity contribution in [1.82, 2.24) is 10.2 Å². The Kier molecular flexibility index (Phi) is 10.2. The Morgan fingerprint density at radius 2 is 1.35 bits per heavy atom. The first-order valence-corrected chi connectivity index (χ1v) is 16.6. The summed E-state index contributed by atoms with van der Waals surface area (Å²) >= 11 is 0. The molecule has 4 atom stereocenters. The summed E-state index contributed by atoms with van der Waals surface area (Å²) < 4.78 is 24.5. The lowest BCUT2D eigenvalue weighted by atomic mass is 9.76. The molecule has 48 heavy (non-hydrogen) atoms. The molecule has 2 aliphatic rings. The first-order chi connectivity index (χ1) is 23.4. The minimum absolute atomic E-state index is 0.108. The van der Waals surface area contributed by atoms with Crippen LogP contribution < -0.4 is 14.8 Å². The molecule has 1 aliphatic heterocycles. The van der Waals surface area contributed by atoms with Crippen LogP contribution in [0.4, 0.5) is 4.39 Å². The van der Waals surface area contributed by atoms with Gasteiger partial charge in [0.1, 0.15) is 23.4 Å². The molecule has 1 aliphatic carbocycles. The van der Waals surface area contributed by atoms with Gasteiger partial charge < -0.3 is 19.7 Å². The number of amides is 2. The molecule has 0 aromatic heterocycles. The molecule has 1 saturated heterocycles. The lowest BCUT2D eigenvalue weighted by Crippen LogP contribution is -2.50. The number of benzene rings is 4. The van der Waals surface area contributed by atoms with Gasteiger partial charge in [-0.15, -0.1) is 0 Å². The van der Waals surface area contributed by atoms with E-state index in [1.165, 1.54) is 12.1 Å². The van der Waals surface area contributed by atoms with E-state index >= 15 is 0 Å². The van der Waals surface area contributed by atoms with Crippen molar-refractivity contribution in [3.8, 4) is 11.5 Å². The average molecular weight is 649 g/mol. The molecular formula is C40H41FN2O5. The van der Waals surface area contributed by atoms with Crippen molar-refractivity contribution >= 4 is 17.6 Å². The molecule has 2 amide bonds. The fourth-order valence-corrected chi connectivity index (χ4v) is 7.42. The Labute approximate surface area is 281 Å². The Bertz CT molecular complexity index is 1700. The third-order valence-electron chi connectivity index (χ3n) is 9.84. The van der Waals surface area contributed by atoms with E-state index in [0.29, 0.717) is 17.1 Å². The highest BCUT2D eigenvalue weighted by Gasteiger charge is 2.58. The Hall–Kier alpha value is -4.98. The molecule has 0 spiro atoms. The number of ketones is 1. The van der Waals surface area contributed by atoms with E-state index in [2.05, 4.69) is 5.32 Å². The molecule has 0 radical (unpaired) electrons. The zero-order valence-corrected chi connectivity index (χ0v) is 27.3. The van der Waals surface area contributed by atoms with Crippen LogP contribution >= 0.6 is 0 Å². The van der Waals surface area contributed by atoms with Crippen LogP contribution in [-0.2, 0) is 16.1 Å². The molecular weight excluding hydrogens is 607 g/mol. The maximum absolute atomic E-state index is 14.9. The number of carbonyl (C=O) groups is 3. The summed E-state index contributed by atoms with van der Waals surface area (Å²) in [4.78, 5) is 46.1. The Balaban J connectivity index is 1.52. The fraction of sp³-hybridized carbons (Fsp3) is 0.325. The summed E-state index contributed by atoms with van der Waals surface area (Å²) in [7, 11) is 3.16. The van der Waals surface area contributed by atoms with E-state index in [1.807, 2.05) is 54.6 Å². The van der Waals surface area contributed by atoms with Crippen LogP contribution in [-0.4, -0.2) is 42.8 Å². The van der Waals surface area contributed by atoms with Crippen LogP contribution in [0.15, 0.2) is 103 Å². The number of carbonyl (C=O) groups excluding carboxylic acids is 3. The number of likely N-dealkylation sites (tertiary alicyclic amines) is 1. The number of nitrogens with zero attached hydrogens (tertiary/aromatic N) is 1. The van der Waals surface area contributed by atoms with E-state index in [-0.39, 0.29) is 35.9 Å². The molecule has 4 unspecified atom stereocenters. The molecule has 1 heterocycles. The minimum atomic E-state index is -0.985. The van der Waals surface area contributed by atoms with Crippen LogP contribution in [0.1, 0.15) is 71.1 Å². The summed E-state index contributed by atoms with van der Waals surface area (Å²) in [6.45, 7) is 0.146. The van der Waals surface area contributed by atoms with Crippen molar-refractivity contribution in [2.24, 2.45) is 11.8 Å². The molecule has 8 heteroatoms. The number of halogens is 1. The Morgan fingerprint density at radius 1 is 0.750 bits per heavy atom. The quantitative estimate of drug-likeness (QED) is 0.183. The number of hydrogen-bond acceptors (Lipinski definition) is 5. The lowest BCUT2D eigenvalue weighted by Gasteiger charge is -2.35. The normalized spacial score (nSPS) is 21.0. The third kappa shape index (κ3) is 6.84. The van der Waals surface area contributed by atoms with E-state index in [9.17, 15) is 18.8 Å². The molecule has 1 N–H and O–H groups in total. The van der Waals surface area contributed by atoms with Gasteiger partial charge in [0.15, 0.2) is 5.78 Å². The van der Waals surface area contributed by atoms with E-state index in [0.717, 1.165) is 48.8 Å². The van der Waals surface area contributed by atoms with Gasteiger partial charge in [-0.1, -0.05) is 73.9 Å². The minimum Gasteiger partial charge on any atom is -0.497 e. The number of ether oxygens (including phenoxy) is 2. The van der Waals surface area contributed by atoms with Crippen LogP contribution in [0, 0.1) is 17.7 Å². The second kappa shape index (κ2) is 14.8. The van der Waals surface area contributed by atoms with E-state index in [1.54, 1.807) is 55.5 Å². The second-order valence-electron chi connectivity index (χ2n) is 12.6. The fourth-order valence-electron chi connectivity index (χ4n) is 7.42. The standard InChI is InChI=1S/C40H41FN2O5/c1-47-32-21-15-28(16-22-32)36-35(38(44)29-17-23-33(48-2)24-18-29)34(27-9-5-3-6-10-27)37(43(36)40(46)30-11-7-4-8-12-30)39(45)42-25-26-13-19-31(41)20-14-26/h3,5-6,9-10,13-24,30,34-37H,4,7-8,11-12,25H2,1-2H3,(H,42,45). The van der Waals surface area contributed by atoms with Gasteiger partial charge in [-0.25, -0.2) is 4.39 Å². The molecule has 248 valence electrons. The number of Topliss-reactive ketones (excluding diaryl/α,β-unsaturated/α-hetero) is 1. The highest BCUT2D eigenvalue weighted by Crippen LogP contribution is 2.52. The van der Waals surface area contributed by atoms with Gasteiger partial charge >= 0.3 is 0 Å². The predicted octanol–water partition coefficient (Wildman–Crippen LogP) is 7.27. The first kappa shape index (κ1) is 32.9. The molecule has 0 bridgehead atoms. The van der Waals surface area contributed by atoms with Gasteiger partial charge in [0.25, 0.3) is 0 Å². The zero-order valence-electron chi connectivity index (χ0n) is 27.3. The van der Waals surface area contributed by atoms with Crippen LogP contribution in [0.3, 0.4) is 0 Å². The Morgan fingerprint density at radius 3 is 1.96 bits per heavy atom. The summed E-state index contributed by atoms with van der Waals surface area (Å²) in [5.74, 6) is -1.43. The zero-order chi connectivity index (χ0) is 33.6. The molecule has 1 saturated carbocycles. The van der Waals surface area contributed by atoms with E-state index in [4.69, 9.17) is 9.47 Å². The first-order valence-electron chi connectivity index (χ1n) is 16.6. The van der Waals surface area contributed by atoms with Crippen LogP contribution in [0.2, 0.25) is 0 Å². The highest BCUT2D eigenvalue weighted by atomic mass is 19.1. The van der Waals surface area contributed by atoms with Crippen molar-refractivity contribution in [1.29, 1.82) is 0 Å². The highest BCUT2D eigenvalue weighted by molar-refractivity contribution is 6.02. The third-order valence-corrected chi connectivity index (χ3v) is 9.84. The largest absolute Gasteiger partial charge is 0.497 e. The predicted molar refractivity (Wildman–Crippen MR) is 181 cm³/mol. The van der Waals surface area contributed by atoms with Gasteiger partial charge in [-0.3, -0.25) is 14.4 Å². The summed E-state index contributed by atoms with van der Waals surface area (Å²) in [6.07, 6.45) is 4.42. The summed E-state index contributed by atoms with van der Waals surface area (Å²) in [5.41, 5.74) is 2.74. The number of hydrogen-bond donors (Lipinski definition) is 1. The van der Waals surface area contributed by atoms with Gasteiger partial charge in [0.2, 0.25) is 11.8 Å². The van der Waals surface area contributed by atoms with Crippen LogP contribution in [0.25, 0.3) is 0 Å². The molecule has 4 aromatic carbocycles. The molecule has 4 aromatic rings. The summed E-state index contributed by atoms with van der Waals surface area (Å²) in [5, 5.41) is 3.05. The van der Waals surface area contributed by atoms with Crippen molar-refractivity contribution in [2.75, 3.05) is 14.2 Å². The van der Waals surface area contributed by atoms with Crippen molar-refractivity contribution < 1.29 is 28.2 Å². The van der Waals surface area contributed by atoms with Gasteiger partial charge in [0, 0.05) is 23.9 Å². The number of methoxy groups -OCH3 is 2. The number of nitrogens with one attached hydrogen (secondary N) is 1. The smallest absolute Gasteiger partial charge is 0.243 e. The van der Waals surface area contributed by atoms with Gasteiger partial charge in [0.05, 0.1) is 26.2 Å². The van der Waals surface area contributed by atoms with Crippen molar-refractivity contribution in [2.45, 2.75) is 56.7 Å². The van der Waals surface area contributed by atoms with Crippen molar-refractivity contribution in [3.05, 3.63) is 131 Å². The molecule has 6 rings (SSSR count). The molecule has 2 fully saturated rings. The maximum atomic E-state index is 14.9. The van der Waals surface area contributed by atoms with Crippen molar-refractivity contribution in [3.63, 3.8) is 0 Å².